The van der Waals surface area contributed by atoms with Crippen LogP contribution in [-0.2, 0) is 4.79 Å². The van der Waals surface area contributed by atoms with Gasteiger partial charge >= 0.3 is 0 Å². The van der Waals surface area contributed by atoms with E-state index in [9.17, 15) is 4.79 Å². The molecule has 1 aliphatic rings. The van der Waals surface area contributed by atoms with Gasteiger partial charge in [0.15, 0.2) is 0 Å². The van der Waals surface area contributed by atoms with Gasteiger partial charge in [-0.05, 0) is 18.2 Å². The lowest BCUT2D eigenvalue weighted by Gasteiger charge is -2.16. The van der Waals surface area contributed by atoms with Gasteiger partial charge in [0.05, 0.1) is 17.1 Å². The first-order valence-corrected chi connectivity index (χ1v) is 6.60. The number of imidazole rings is 1. The highest BCUT2D eigenvalue weighted by molar-refractivity contribution is 5.82. The molecular formula is C14H18N4O. The first-order valence-electron chi connectivity index (χ1n) is 6.60. The Morgan fingerprint density at radius 3 is 2.89 bits per heavy atom. The molecule has 5 heteroatoms. The molecule has 0 bridgehead atoms. The zero-order valence-corrected chi connectivity index (χ0v) is 11.2. The number of nitrogens with zero attached hydrogens (tertiary/aromatic N) is 2. The maximum Gasteiger partial charge on any atom is 0.222 e. The summed E-state index contributed by atoms with van der Waals surface area (Å²) >= 11 is 0. The Kier molecular flexibility index (Phi) is 2.69. The third-order valence-electron chi connectivity index (χ3n) is 3.58. The predicted molar refractivity (Wildman–Crippen MR) is 74.9 cm³/mol. The van der Waals surface area contributed by atoms with E-state index in [0.717, 1.165) is 16.9 Å². The van der Waals surface area contributed by atoms with Crippen LogP contribution in [0.25, 0.3) is 11.0 Å². The molecule has 1 atom stereocenters. The van der Waals surface area contributed by atoms with Crippen LogP contribution >= 0.6 is 0 Å². The fraction of sp³-hybridized carbons (Fsp3) is 0.429. The summed E-state index contributed by atoms with van der Waals surface area (Å²) in [5.74, 6) is 1.43. The van der Waals surface area contributed by atoms with Gasteiger partial charge in [-0.15, -0.1) is 0 Å². The molecule has 2 heterocycles. The highest BCUT2D eigenvalue weighted by Gasteiger charge is 2.27. The number of nitrogen functional groups attached to an aromatic ring is 1. The van der Waals surface area contributed by atoms with Gasteiger partial charge in [-0.3, -0.25) is 4.79 Å². The maximum absolute atomic E-state index is 11.5. The van der Waals surface area contributed by atoms with Crippen molar-refractivity contribution in [2.45, 2.75) is 32.2 Å². The van der Waals surface area contributed by atoms with Crippen LogP contribution in [0.15, 0.2) is 18.2 Å². The molecule has 1 amide bonds. The monoisotopic (exact) mass is 258 g/mol. The van der Waals surface area contributed by atoms with Crippen LogP contribution in [0.3, 0.4) is 0 Å². The zero-order valence-electron chi connectivity index (χ0n) is 11.2. The van der Waals surface area contributed by atoms with Gasteiger partial charge in [0, 0.05) is 24.6 Å². The van der Waals surface area contributed by atoms with Crippen molar-refractivity contribution in [2.75, 3.05) is 12.3 Å². The molecule has 19 heavy (non-hydrogen) atoms. The molecule has 2 aromatic rings. The van der Waals surface area contributed by atoms with E-state index in [4.69, 9.17) is 5.73 Å². The third-order valence-corrected chi connectivity index (χ3v) is 3.58. The summed E-state index contributed by atoms with van der Waals surface area (Å²) in [5.41, 5.74) is 8.50. The SMILES string of the molecule is CC(C)c1nc2cc(N)ccc2n1C1CNC(=O)C1. The largest absolute Gasteiger partial charge is 0.399 e. The van der Waals surface area contributed by atoms with Gasteiger partial charge in [0.25, 0.3) is 0 Å². The molecule has 1 saturated heterocycles. The van der Waals surface area contributed by atoms with Crippen LogP contribution in [0.1, 0.15) is 38.1 Å². The average molecular weight is 258 g/mol. The average Bonchev–Trinajstić information content (AvgIpc) is 2.91. The summed E-state index contributed by atoms with van der Waals surface area (Å²) in [5, 5.41) is 2.89. The van der Waals surface area contributed by atoms with Crippen molar-refractivity contribution in [1.29, 1.82) is 0 Å². The Balaban J connectivity index is 2.19. The van der Waals surface area contributed by atoms with Gasteiger partial charge in [-0.25, -0.2) is 4.98 Å². The van der Waals surface area contributed by atoms with Gasteiger partial charge in [-0.2, -0.15) is 0 Å². The fourth-order valence-electron chi connectivity index (χ4n) is 2.70. The highest BCUT2D eigenvalue weighted by atomic mass is 16.1. The number of nitrogens with two attached hydrogens (primary N) is 1. The highest BCUT2D eigenvalue weighted by Crippen LogP contribution is 2.29. The molecule has 0 radical (unpaired) electrons. The summed E-state index contributed by atoms with van der Waals surface area (Å²) in [6, 6.07) is 5.92. The van der Waals surface area contributed by atoms with Gasteiger partial charge in [0.1, 0.15) is 5.82 Å². The molecule has 0 saturated carbocycles. The number of fused-ring (bicyclic) bond motifs is 1. The van der Waals surface area contributed by atoms with Crippen LogP contribution in [0.5, 0.6) is 0 Å². The molecule has 5 nitrogen and oxygen atoms in total. The minimum absolute atomic E-state index is 0.108. The van der Waals surface area contributed by atoms with Crippen molar-refractivity contribution in [3.8, 4) is 0 Å². The van der Waals surface area contributed by atoms with E-state index >= 15 is 0 Å². The smallest absolute Gasteiger partial charge is 0.222 e. The fourth-order valence-corrected chi connectivity index (χ4v) is 2.70. The summed E-state index contributed by atoms with van der Waals surface area (Å²) in [6.07, 6.45) is 0.523. The van der Waals surface area contributed by atoms with Crippen molar-refractivity contribution in [2.24, 2.45) is 0 Å². The van der Waals surface area contributed by atoms with Crippen molar-refractivity contribution in [3.05, 3.63) is 24.0 Å². The number of benzene rings is 1. The van der Waals surface area contributed by atoms with Gasteiger partial charge in [0.2, 0.25) is 5.91 Å². The Hall–Kier alpha value is -2.04. The molecule has 0 aliphatic carbocycles. The molecule has 1 fully saturated rings. The number of carbonyl (C=O) groups excluding carboxylic acids is 1. The summed E-state index contributed by atoms with van der Waals surface area (Å²) < 4.78 is 2.19. The molecule has 1 unspecified atom stereocenters. The Labute approximate surface area is 111 Å². The quantitative estimate of drug-likeness (QED) is 0.807. The summed E-state index contributed by atoms with van der Waals surface area (Å²) in [7, 11) is 0. The topological polar surface area (TPSA) is 72.9 Å². The molecule has 1 aliphatic heterocycles. The van der Waals surface area contributed by atoms with E-state index in [1.165, 1.54) is 0 Å². The molecule has 1 aromatic heterocycles. The Bertz CT molecular complexity index is 644. The lowest BCUT2D eigenvalue weighted by atomic mass is 10.1. The number of rotatable bonds is 2. The van der Waals surface area contributed by atoms with Crippen LogP contribution in [0.2, 0.25) is 0 Å². The first-order chi connectivity index (χ1) is 9.06. The third kappa shape index (κ3) is 1.95. The van der Waals surface area contributed by atoms with Crippen LogP contribution in [-0.4, -0.2) is 22.0 Å². The number of hydrogen-bond acceptors (Lipinski definition) is 3. The summed E-state index contributed by atoms with van der Waals surface area (Å²) in [6.45, 7) is 4.91. The van der Waals surface area contributed by atoms with Crippen LogP contribution in [0.4, 0.5) is 5.69 Å². The molecular weight excluding hydrogens is 240 g/mol. The molecule has 3 rings (SSSR count). The van der Waals surface area contributed by atoms with Crippen LogP contribution < -0.4 is 11.1 Å². The van der Waals surface area contributed by atoms with E-state index < -0.39 is 0 Å². The number of aromatic nitrogens is 2. The van der Waals surface area contributed by atoms with Crippen molar-refractivity contribution in [1.82, 2.24) is 14.9 Å². The van der Waals surface area contributed by atoms with E-state index in [1.807, 2.05) is 18.2 Å². The van der Waals surface area contributed by atoms with Gasteiger partial charge in [-0.1, -0.05) is 13.8 Å². The zero-order chi connectivity index (χ0) is 13.6. The molecule has 100 valence electrons. The molecule has 0 spiro atoms. The van der Waals surface area contributed by atoms with Gasteiger partial charge < -0.3 is 15.6 Å². The first kappa shape index (κ1) is 12.0. The number of nitrogens with one attached hydrogen (secondary N) is 1. The van der Waals surface area contributed by atoms with Crippen LogP contribution in [0, 0.1) is 0 Å². The molecule has 3 N–H and O–H groups in total. The standard InChI is InChI=1S/C14H18N4O/c1-8(2)14-17-11-5-9(15)3-4-12(11)18(14)10-6-13(19)16-7-10/h3-5,8,10H,6-7,15H2,1-2H3,(H,16,19). The normalized spacial score (nSPS) is 19.3. The second-order valence-electron chi connectivity index (χ2n) is 5.40. The van der Waals surface area contributed by atoms with E-state index in [1.54, 1.807) is 0 Å². The number of amides is 1. The van der Waals surface area contributed by atoms with E-state index in [0.29, 0.717) is 24.6 Å². The number of carbonyl (C=O) groups is 1. The predicted octanol–water partition coefficient (Wildman–Crippen LogP) is 1.80. The van der Waals surface area contributed by atoms with E-state index in [2.05, 4.69) is 28.7 Å². The van der Waals surface area contributed by atoms with E-state index in [-0.39, 0.29) is 11.9 Å². The number of anilines is 1. The Morgan fingerprint density at radius 1 is 1.47 bits per heavy atom. The lowest BCUT2D eigenvalue weighted by molar-refractivity contribution is -0.119. The lowest BCUT2D eigenvalue weighted by Crippen LogP contribution is -2.17. The Morgan fingerprint density at radius 2 is 2.26 bits per heavy atom. The minimum atomic E-state index is 0.108. The minimum Gasteiger partial charge on any atom is -0.399 e. The maximum atomic E-state index is 11.5. The number of hydrogen-bond donors (Lipinski definition) is 2. The van der Waals surface area contributed by atoms with Crippen molar-refractivity contribution >= 4 is 22.6 Å². The second kappa shape index (κ2) is 4.26. The van der Waals surface area contributed by atoms with Crippen molar-refractivity contribution < 1.29 is 4.79 Å². The second-order valence-corrected chi connectivity index (χ2v) is 5.40. The van der Waals surface area contributed by atoms with Crippen molar-refractivity contribution in [3.63, 3.8) is 0 Å². The molecule has 1 aromatic carbocycles. The summed E-state index contributed by atoms with van der Waals surface area (Å²) in [4.78, 5) is 16.1.